The van der Waals surface area contributed by atoms with E-state index in [1.165, 1.54) is 5.56 Å². The van der Waals surface area contributed by atoms with Crippen LogP contribution in [-0.2, 0) is 6.42 Å². The van der Waals surface area contributed by atoms with E-state index in [-0.39, 0.29) is 12.1 Å². The van der Waals surface area contributed by atoms with Crippen LogP contribution in [0.4, 0.5) is 16.2 Å². The maximum atomic E-state index is 12.4. The minimum Gasteiger partial charge on any atom is -0.308 e. The number of carbonyl (C=O) groups is 1. The fourth-order valence-corrected chi connectivity index (χ4v) is 2.58. The third-order valence-electron chi connectivity index (χ3n) is 3.45. The first-order chi connectivity index (χ1) is 9.25. The average Bonchev–Trinajstić information content (AvgIpc) is 2.75. The molecule has 0 radical (unpaired) electrons. The molecular weight excluding hydrogens is 236 g/mol. The molecule has 0 fully saturated rings. The van der Waals surface area contributed by atoms with Gasteiger partial charge in [0.25, 0.3) is 0 Å². The highest BCUT2D eigenvalue weighted by molar-refractivity contribution is 6.03. The van der Waals surface area contributed by atoms with Gasteiger partial charge in [0.15, 0.2) is 0 Å². The number of urea groups is 1. The smallest absolute Gasteiger partial charge is 0.308 e. The molecule has 96 valence electrons. The van der Waals surface area contributed by atoms with E-state index in [9.17, 15) is 4.79 Å². The molecule has 1 aliphatic heterocycles. The Labute approximate surface area is 112 Å². The zero-order chi connectivity index (χ0) is 13.2. The van der Waals surface area contributed by atoms with Crippen molar-refractivity contribution in [1.29, 1.82) is 0 Å². The van der Waals surface area contributed by atoms with Crippen molar-refractivity contribution in [2.75, 3.05) is 10.2 Å². The van der Waals surface area contributed by atoms with Gasteiger partial charge in [0, 0.05) is 17.4 Å². The van der Waals surface area contributed by atoms with E-state index in [0.29, 0.717) is 0 Å². The van der Waals surface area contributed by atoms with E-state index in [1.54, 1.807) is 0 Å². The number of nitrogens with one attached hydrogen (secondary N) is 1. The van der Waals surface area contributed by atoms with Crippen molar-refractivity contribution in [1.82, 2.24) is 0 Å². The second kappa shape index (κ2) is 4.76. The predicted octanol–water partition coefficient (Wildman–Crippen LogP) is 3.67. The van der Waals surface area contributed by atoms with Crippen LogP contribution in [0.15, 0.2) is 54.6 Å². The van der Waals surface area contributed by atoms with Crippen molar-refractivity contribution in [2.24, 2.45) is 0 Å². The summed E-state index contributed by atoms with van der Waals surface area (Å²) in [5.41, 5.74) is 3.07. The number of hydrogen-bond donors (Lipinski definition) is 1. The van der Waals surface area contributed by atoms with Crippen LogP contribution in [0.25, 0.3) is 0 Å². The molecular formula is C16H16N2O. The third kappa shape index (κ3) is 2.19. The standard InChI is InChI=1S/C16H16N2O/c1-12-11-13-7-5-6-10-15(13)18(12)16(19)17-14-8-3-2-4-9-14/h2-10,12H,11H2,1H3,(H,17,19)/t12-/m1/s1. The zero-order valence-corrected chi connectivity index (χ0v) is 10.8. The summed E-state index contributed by atoms with van der Waals surface area (Å²) < 4.78 is 0. The van der Waals surface area contributed by atoms with Crippen molar-refractivity contribution >= 4 is 17.4 Å². The number of benzene rings is 2. The first kappa shape index (κ1) is 11.8. The average molecular weight is 252 g/mol. The predicted molar refractivity (Wildman–Crippen MR) is 77.5 cm³/mol. The van der Waals surface area contributed by atoms with E-state index in [4.69, 9.17) is 0 Å². The first-order valence-corrected chi connectivity index (χ1v) is 6.49. The molecule has 19 heavy (non-hydrogen) atoms. The maximum absolute atomic E-state index is 12.4. The van der Waals surface area contributed by atoms with E-state index in [1.807, 2.05) is 53.4 Å². The molecule has 3 nitrogen and oxygen atoms in total. The summed E-state index contributed by atoms with van der Waals surface area (Å²) in [4.78, 5) is 14.2. The molecule has 0 saturated heterocycles. The summed E-state index contributed by atoms with van der Waals surface area (Å²) in [6.45, 7) is 2.07. The Morgan fingerprint density at radius 2 is 1.79 bits per heavy atom. The second-order valence-electron chi connectivity index (χ2n) is 4.85. The van der Waals surface area contributed by atoms with Gasteiger partial charge in [-0.1, -0.05) is 36.4 Å². The van der Waals surface area contributed by atoms with Crippen LogP contribution in [0.2, 0.25) is 0 Å². The Balaban J connectivity index is 1.84. The zero-order valence-electron chi connectivity index (χ0n) is 10.8. The first-order valence-electron chi connectivity index (χ1n) is 6.49. The third-order valence-corrected chi connectivity index (χ3v) is 3.45. The molecule has 0 aliphatic carbocycles. The molecule has 1 aliphatic rings. The molecule has 0 saturated carbocycles. The Bertz CT molecular complexity index is 595. The molecule has 1 N–H and O–H groups in total. The molecule has 2 amide bonds. The molecule has 0 bridgehead atoms. The van der Waals surface area contributed by atoms with E-state index >= 15 is 0 Å². The number of fused-ring (bicyclic) bond motifs is 1. The highest BCUT2D eigenvalue weighted by Crippen LogP contribution is 2.32. The van der Waals surface area contributed by atoms with Gasteiger partial charge in [-0.3, -0.25) is 4.90 Å². The highest BCUT2D eigenvalue weighted by atomic mass is 16.2. The van der Waals surface area contributed by atoms with Gasteiger partial charge in [-0.2, -0.15) is 0 Å². The Hall–Kier alpha value is -2.29. The molecule has 3 rings (SSSR count). The van der Waals surface area contributed by atoms with Crippen molar-refractivity contribution in [2.45, 2.75) is 19.4 Å². The molecule has 0 unspecified atom stereocenters. The molecule has 2 aromatic carbocycles. The van der Waals surface area contributed by atoms with Crippen LogP contribution in [0.1, 0.15) is 12.5 Å². The molecule has 1 atom stereocenters. The van der Waals surface area contributed by atoms with Crippen molar-refractivity contribution in [3.05, 3.63) is 60.2 Å². The molecule has 1 heterocycles. The van der Waals surface area contributed by atoms with E-state index in [2.05, 4.69) is 18.3 Å². The summed E-state index contributed by atoms with van der Waals surface area (Å²) in [6.07, 6.45) is 0.915. The lowest BCUT2D eigenvalue weighted by atomic mass is 10.1. The highest BCUT2D eigenvalue weighted by Gasteiger charge is 2.30. The van der Waals surface area contributed by atoms with Crippen LogP contribution < -0.4 is 10.2 Å². The van der Waals surface area contributed by atoms with Crippen LogP contribution in [-0.4, -0.2) is 12.1 Å². The van der Waals surface area contributed by atoms with Gasteiger partial charge in [-0.15, -0.1) is 0 Å². The van der Waals surface area contributed by atoms with Gasteiger partial charge in [-0.25, -0.2) is 4.79 Å². The van der Waals surface area contributed by atoms with Crippen LogP contribution >= 0.6 is 0 Å². The lowest BCUT2D eigenvalue weighted by Gasteiger charge is -2.23. The van der Waals surface area contributed by atoms with Crippen LogP contribution in [0.3, 0.4) is 0 Å². The minimum absolute atomic E-state index is 0.0661. The van der Waals surface area contributed by atoms with Gasteiger partial charge in [0.2, 0.25) is 0 Å². The van der Waals surface area contributed by atoms with Crippen molar-refractivity contribution in [3.8, 4) is 0 Å². The fourth-order valence-electron chi connectivity index (χ4n) is 2.58. The van der Waals surface area contributed by atoms with Gasteiger partial charge in [0.05, 0.1) is 0 Å². The topological polar surface area (TPSA) is 32.3 Å². The summed E-state index contributed by atoms with van der Waals surface area (Å²) >= 11 is 0. The van der Waals surface area contributed by atoms with Crippen LogP contribution in [0.5, 0.6) is 0 Å². The van der Waals surface area contributed by atoms with E-state index < -0.39 is 0 Å². The molecule has 3 heteroatoms. The molecule has 0 aromatic heterocycles. The molecule has 2 aromatic rings. The number of amides is 2. The van der Waals surface area contributed by atoms with Crippen LogP contribution in [0, 0.1) is 0 Å². The van der Waals surface area contributed by atoms with Gasteiger partial charge in [0.1, 0.15) is 0 Å². The largest absolute Gasteiger partial charge is 0.326 e. The lowest BCUT2D eigenvalue weighted by molar-refractivity contribution is 0.256. The normalized spacial score (nSPS) is 17.1. The van der Waals surface area contributed by atoms with Crippen molar-refractivity contribution < 1.29 is 4.79 Å². The summed E-state index contributed by atoms with van der Waals surface area (Å²) in [6, 6.07) is 17.8. The second-order valence-corrected chi connectivity index (χ2v) is 4.85. The number of rotatable bonds is 1. The summed E-state index contributed by atoms with van der Waals surface area (Å²) in [5.74, 6) is 0. The molecule has 0 spiro atoms. The monoisotopic (exact) mass is 252 g/mol. The number of nitrogens with zero attached hydrogens (tertiary/aromatic N) is 1. The van der Waals surface area contributed by atoms with Gasteiger partial charge in [-0.05, 0) is 37.1 Å². The minimum atomic E-state index is -0.0661. The number of para-hydroxylation sites is 2. The number of hydrogen-bond acceptors (Lipinski definition) is 1. The lowest BCUT2D eigenvalue weighted by Crippen LogP contribution is -2.39. The Morgan fingerprint density at radius 1 is 1.11 bits per heavy atom. The number of anilines is 2. The number of carbonyl (C=O) groups excluding carboxylic acids is 1. The van der Waals surface area contributed by atoms with E-state index in [0.717, 1.165) is 17.8 Å². The fraction of sp³-hybridized carbons (Fsp3) is 0.188. The maximum Gasteiger partial charge on any atom is 0.326 e. The Morgan fingerprint density at radius 3 is 2.58 bits per heavy atom. The van der Waals surface area contributed by atoms with Crippen molar-refractivity contribution in [3.63, 3.8) is 0 Å². The summed E-state index contributed by atoms with van der Waals surface area (Å²) in [7, 11) is 0. The quantitative estimate of drug-likeness (QED) is 0.825. The SMILES string of the molecule is C[C@@H]1Cc2ccccc2N1C(=O)Nc1ccccc1. The Kier molecular flexibility index (Phi) is 2.95. The van der Waals surface area contributed by atoms with Gasteiger partial charge < -0.3 is 5.32 Å². The van der Waals surface area contributed by atoms with Gasteiger partial charge >= 0.3 is 6.03 Å². The summed E-state index contributed by atoms with van der Waals surface area (Å²) in [5, 5.41) is 2.94.